The largest absolute Gasteiger partial charge is 0.504 e. The molecule has 4 heteroatoms. The molecular weight excluding hydrogens is 262 g/mol. The molecule has 0 unspecified atom stereocenters. The molecule has 0 bridgehead atoms. The van der Waals surface area contributed by atoms with Crippen LogP contribution in [0.15, 0.2) is 18.2 Å². The zero-order valence-electron chi connectivity index (χ0n) is 13.0. The minimum atomic E-state index is 0.232. The highest BCUT2D eigenvalue weighted by Crippen LogP contribution is 2.27. The molecule has 2 heterocycles. The molecule has 3 aromatic rings. The van der Waals surface area contributed by atoms with Crippen LogP contribution in [0, 0.1) is 34.6 Å². The maximum Gasteiger partial charge on any atom is 0.160 e. The lowest BCUT2D eigenvalue weighted by atomic mass is 10.0. The molecule has 108 valence electrons. The van der Waals surface area contributed by atoms with E-state index in [2.05, 4.69) is 38.0 Å². The van der Waals surface area contributed by atoms with Crippen LogP contribution in [-0.4, -0.2) is 19.9 Å². The molecule has 4 nitrogen and oxygen atoms in total. The van der Waals surface area contributed by atoms with Gasteiger partial charge in [-0.05, 0) is 57.9 Å². The minimum absolute atomic E-state index is 0.232. The SMILES string of the molecule is Cc1cc(C)c2nc(-n3nc(C)c(O)c3C)cc(C)c2c1. The summed E-state index contributed by atoms with van der Waals surface area (Å²) in [5.41, 5.74) is 5.87. The average Bonchev–Trinajstić information content (AvgIpc) is 2.67. The van der Waals surface area contributed by atoms with E-state index in [0.29, 0.717) is 11.4 Å². The van der Waals surface area contributed by atoms with Gasteiger partial charge in [-0.25, -0.2) is 9.67 Å². The second-order valence-electron chi connectivity index (χ2n) is 5.71. The van der Waals surface area contributed by atoms with Gasteiger partial charge in [-0.3, -0.25) is 0 Å². The predicted molar refractivity (Wildman–Crippen MR) is 84.2 cm³/mol. The lowest BCUT2D eigenvalue weighted by Gasteiger charge is -2.10. The van der Waals surface area contributed by atoms with E-state index >= 15 is 0 Å². The molecule has 0 fully saturated rings. The highest BCUT2D eigenvalue weighted by Gasteiger charge is 2.14. The molecule has 0 aliphatic heterocycles. The summed E-state index contributed by atoms with van der Waals surface area (Å²) < 4.78 is 1.70. The lowest BCUT2D eigenvalue weighted by Crippen LogP contribution is -2.03. The van der Waals surface area contributed by atoms with Gasteiger partial charge in [-0.15, -0.1) is 0 Å². The van der Waals surface area contributed by atoms with Crippen LogP contribution < -0.4 is 0 Å². The topological polar surface area (TPSA) is 50.9 Å². The van der Waals surface area contributed by atoms with Crippen LogP contribution in [0.1, 0.15) is 28.1 Å². The van der Waals surface area contributed by atoms with Crippen molar-refractivity contribution in [2.75, 3.05) is 0 Å². The number of nitrogens with zero attached hydrogens (tertiary/aromatic N) is 3. The number of aromatic nitrogens is 3. The average molecular weight is 281 g/mol. The fourth-order valence-electron chi connectivity index (χ4n) is 2.79. The van der Waals surface area contributed by atoms with Gasteiger partial charge in [0.05, 0.1) is 11.2 Å². The maximum absolute atomic E-state index is 9.95. The van der Waals surface area contributed by atoms with Gasteiger partial charge in [0.1, 0.15) is 5.69 Å². The fourth-order valence-corrected chi connectivity index (χ4v) is 2.79. The third-order valence-corrected chi connectivity index (χ3v) is 3.91. The molecule has 0 radical (unpaired) electrons. The molecule has 3 rings (SSSR count). The standard InChI is InChI=1S/C17H19N3O/c1-9-6-11(3)16-14(7-9)10(2)8-15(18-16)20-13(5)17(21)12(4)19-20/h6-8,21H,1-5H3. The number of benzene rings is 1. The van der Waals surface area contributed by atoms with E-state index in [4.69, 9.17) is 4.98 Å². The first-order chi connectivity index (χ1) is 9.88. The first kappa shape index (κ1) is 13.6. The molecule has 0 amide bonds. The van der Waals surface area contributed by atoms with Gasteiger partial charge in [0.25, 0.3) is 0 Å². The molecular formula is C17H19N3O. The van der Waals surface area contributed by atoms with E-state index in [0.717, 1.165) is 22.5 Å². The third kappa shape index (κ3) is 2.07. The van der Waals surface area contributed by atoms with Gasteiger partial charge in [0.2, 0.25) is 0 Å². The van der Waals surface area contributed by atoms with Crippen molar-refractivity contribution in [2.45, 2.75) is 34.6 Å². The van der Waals surface area contributed by atoms with Crippen LogP contribution >= 0.6 is 0 Å². The van der Waals surface area contributed by atoms with Crippen LogP contribution in [0.5, 0.6) is 5.75 Å². The Morgan fingerprint density at radius 2 is 1.67 bits per heavy atom. The van der Waals surface area contributed by atoms with E-state index in [9.17, 15) is 5.11 Å². The number of aromatic hydroxyl groups is 1. The monoisotopic (exact) mass is 281 g/mol. The number of rotatable bonds is 1. The zero-order chi connectivity index (χ0) is 15.3. The quantitative estimate of drug-likeness (QED) is 0.740. The van der Waals surface area contributed by atoms with Crippen molar-refractivity contribution in [3.8, 4) is 11.6 Å². The van der Waals surface area contributed by atoms with Crippen molar-refractivity contribution >= 4 is 10.9 Å². The van der Waals surface area contributed by atoms with Crippen molar-refractivity contribution in [3.63, 3.8) is 0 Å². The van der Waals surface area contributed by atoms with E-state index in [1.54, 1.807) is 11.6 Å². The number of hydrogen-bond acceptors (Lipinski definition) is 3. The normalized spacial score (nSPS) is 11.3. The molecule has 1 N–H and O–H groups in total. The number of aryl methyl sites for hydroxylation is 4. The Morgan fingerprint density at radius 3 is 2.29 bits per heavy atom. The van der Waals surface area contributed by atoms with Crippen molar-refractivity contribution in [3.05, 3.63) is 46.3 Å². The highest BCUT2D eigenvalue weighted by atomic mass is 16.3. The summed E-state index contributed by atoms with van der Waals surface area (Å²) in [6.45, 7) is 9.89. The molecule has 0 saturated carbocycles. The van der Waals surface area contributed by atoms with Crippen LogP contribution in [-0.2, 0) is 0 Å². The summed E-state index contributed by atoms with van der Waals surface area (Å²) in [5, 5.41) is 15.5. The minimum Gasteiger partial charge on any atom is -0.504 e. The molecule has 1 aromatic carbocycles. The van der Waals surface area contributed by atoms with Crippen molar-refractivity contribution in [1.29, 1.82) is 0 Å². The van der Waals surface area contributed by atoms with Gasteiger partial charge in [0, 0.05) is 5.39 Å². The van der Waals surface area contributed by atoms with Crippen molar-refractivity contribution < 1.29 is 5.11 Å². The van der Waals surface area contributed by atoms with Crippen molar-refractivity contribution in [2.24, 2.45) is 0 Å². The second kappa shape index (κ2) is 4.58. The summed E-state index contributed by atoms with van der Waals surface area (Å²) in [6, 6.07) is 6.31. The third-order valence-electron chi connectivity index (χ3n) is 3.91. The van der Waals surface area contributed by atoms with Crippen LogP contribution in [0.25, 0.3) is 16.7 Å². The summed E-state index contributed by atoms with van der Waals surface area (Å²) in [7, 11) is 0. The van der Waals surface area contributed by atoms with Crippen LogP contribution in [0.4, 0.5) is 0 Å². The Bertz CT molecular complexity index is 862. The molecule has 0 spiro atoms. The lowest BCUT2D eigenvalue weighted by molar-refractivity contribution is 0.466. The predicted octanol–water partition coefficient (Wildman–Crippen LogP) is 3.67. The van der Waals surface area contributed by atoms with Gasteiger partial charge in [-0.1, -0.05) is 11.6 Å². The maximum atomic E-state index is 9.95. The highest BCUT2D eigenvalue weighted by molar-refractivity contribution is 5.86. The van der Waals surface area contributed by atoms with Gasteiger partial charge in [0.15, 0.2) is 11.6 Å². The Hall–Kier alpha value is -2.36. The first-order valence-corrected chi connectivity index (χ1v) is 7.02. The van der Waals surface area contributed by atoms with Crippen LogP contribution in [0.2, 0.25) is 0 Å². The Balaban J connectivity index is 2.32. The molecule has 2 aromatic heterocycles. The molecule has 21 heavy (non-hydrogen) atoms. The van der Waals surface area contributed by atoms with Gasteiger partial charge in [-0.2, -0.15) is 5.10 Å². The number of fused-ring (bicyclic) bond motifs is 1. The summed E-state index contributed by atoms with van der Waals surface area (Å²) >= 11 is 0. The van der Waals surface area contributed by atoms with Gasteiger partial charge >= 0.3 is 0 Å². The Kier molecular flexibility index (Phi) is 2.97. The number of hydrogen-bond donors (Lipinski definition) is 1. The van der Waals surface area contributed by atoms with E-state index in [-0.39, 0.29) is 5.75 Å². The second-order valence-corrected chi connectivity index (χ2v) is 5.71. The summed E-state index contributed by atoms with van der Waals surface area (Å²) in [6.07, 6.45) is 0. The molecule has 0 saturated heterocycles. The fraction of sp³-hybridized carbons (Fsp3) is 0.294. The first-order valence-electron chi connectivity index (χ1n) is 7.02. The smallest absolute Gasteiger partial charge is 0.160 e. The molecule has 0 atom stereocenters. The Labute approximate surface area is 124 Å². The van der Waals surface area contributed by atoms with Gasteiger partial charge < -0.3 is 5.11 Å². The summed E-state index contributed by atoms with van der Waals surface area (Å²) in [5.74, 6) is 0.975. The number of pyridine rings is 1. The Morgan fingerprint density at radius 1 is 0.952 bits per heavy atom. The molecule has 0 aliphatic carbocycles. The summed E-state index contributed by atoms with van der Waals surface area (Å²) in [4.78, 5) is 4.75. The van der Waals surface area contributed by atoms with E-state index in [1.165, 1.54) is 10.9 Å². The van der Waals surface area contributed by atoms with E-state index in [1.807, 2.05) is 13.0 Å². The zero-order valence-corrected chi connectivity index (χ0v) is 13.0. The molecule has 0 aliphatic rings. The van der Waals surface area contributed by atoms with Crippen molar-refractivity contribution in [1.82, 2.24) is 14.8 Å². The van der Waals surface area contributed by atoms with Crippen LogP contribution in [0.3, 0.4) is 0 Å². The van der Waals surface area contributed by atoms with E-state index < -0.39 is 0 Å².